The summed E-state index contributed by atoms with van der Waals surface area (Å²) >= 11 is 0. The molecule has 1 rings (SSSR count). The number of rotatable bonds is 4. The number of alkyl carbamates (subject to hydrolysis) is 1. The monoisotopic (exact) mass is 256 g/mol. The average molecular weight is 256 g/mol. The third kappa shape index (κ3) is 5.71. The normalized spacial score (nSPS) is 25.8. The lowest BCUT2D eigenvalue weighted by Gasteiger charge is -2.24. The van der Waals surface area contributed by atoms with Crippen molar-refractivity contribution < 1.29 is 9.53 Å². The Labute approximate surface area is 111 Å². The fourth-order valence-corrected chi connectivity index (χ4v) is 2.37. The Morgan fingerprint density at radius 2 is 2.06 bits per heavy atom. The largest absolute Gasteiger partial charge is 0.444 e. The van der Waals surface area contributed by atoms with Crippen molar-refractivity contribution >= 4 is 6.09 Å². The van der Waals surface area contributed by atoms with Gasteiger partial charge in [0.25, 0.3) is 0 Å². The molecule has 3 unspecified atom stereocenters. The van der Waals surface area contributed by atoms with Crippen molar-refractivity contribution in [2.45, 2.75) is 71.6 Å². The second-order valence-electron chi connectivity index (χ2n) is 6.47. The minimum atomic E-state index is -0.430. The third-order valence-corrected chi connectivity index (χ3v) is 3.31. The number of carbonyl (C=O) groups excluding carboxylic acids is 1. The zero-order valence-electron chi connectivity index (χ0n) is 12.4. The van der Waals surface area contributed by atoms with E-state index in [1.54, 1.807) is 0 Å². The quantitative estimate of drug-likeness (QED) is 0.813. The van der Waals surface area contributed by atoms with Crippen LogP contribution in [-0.4, -0.2) is 30.3 Å². The highest BCUT2D eigenvalue weighted by Gasteiger charge is 2.24. The van der Waals surface area contributed by atoms with Gasteiger partial charge in [-0.1, -0.05) is 13.3 Å². The third-order valence-electron chi connectivity index (χ3n) is 3.31. The first-order valence-corrected chi connectivity index (χ1v) is 7.01. The number of hydrogen-bond donors (Lipinski definition) is 2. The molecule has 4 nitrogen and oxygen atoms in total. The van der Waals surface area contributed by atoms with Crippen molar-refractivity contribution in [2.75, 3.05) is 6.54 Å². The van der Waals surface area contributed by atoms with Crippen molar-refractivity contribution in [1.29, 1.82) is 0 Å². The van der Waals surface area contributed by atoms with Crippen LogP contribution in [0, 0.1) is 5.92 Å². The lowest BCUT2D eigenvalue weighted by Crippen LogP contribution is -2.45. The van der Waals surface area contributed by atoms with Crippen molar-refractivity contribution in [1.82, 2.24) is 10.6 Å². The molecule has 0 aromatic heterocycles. The number of nitrogens with one attached hydrogen (secondary N) is 2. The molecule has 4 heteroatoms. The second-order valence-corrected chi connectivity index (χ2v) is 6.47. The summed E-state index contributed by atoms with van der Waals surface area (Å²) < 4.78 is 5.20. The average Bonchev–Trinajstić information content (AvgIpc) is 2.59. The van der Waals surface area contributed by atoms with E-state index in [1.807, 2.05) is 20.8 Å². The molecule has 0 spiro atoms. The maximum absolute atomic E-state index is 11.5. The maximum Gasteiger partial charge on any atom is 0.407 e. The molecular formula is C14H28N2O2. The zero-order chi connectivity index (χ0) is 13.8. The number of carbonyl (C=O) groups is 1. The molecule has 0 aliphatic heterocycles. The van der Waals surface area contributed by atoms with E-state index in [-0.39, 0.29) is 12.1 Å². The Morgan fingerprint density at radius 1 is 1.39 bits per heavy atom. The summed E-state index contributed by atoms with van der Waals surface area (Å²) in [5.41, 5.74) is -0.430. The van der Waals surface area contributed by atoms with Crippen LogP contribution >= 0.6 is 0 Å². The van der Waals surface area contributed by atoms with Gasteiger partial charge in [0.2, 0.25) is 0 Å². The van der Waals surface area contributed by atoms with Crippen molar-refractivity contribution in [3.8, 4) is 0 Å². The van der Waals surface area contributed by atoms with E-state index in [1.165, 1.54) is 19.3 Å². The molecule has 0 heterocycles. The van der Waals surface area contributed by atoms with Gasteiger partial charge in [-0.3, -0.25) is 0 Å². The zero-order valence-corrected chi connectivity index (χ0v) is 12.4. The number of amides is 1. The van der Waals surface area contributed by atoms with Gasteiger partial charge in [0.15, 0.2) is 0 Å². The Kier molecular flexibility index (Phi) is 5.45. The molecule has 0 aromatic carbocycles. The summed E-state index contributed by atoms with van der Waals surface area (Å²) in [6.07, 6.45) is 3.53. The first kappa shape index (κ1) is 15.3. The predicted molar refractivity (Wildman–Crippen MR) is 73.6 cm³/mol. The van der Waals surface area contributed by atoms with Crippen molar-refractivity contribution in [2.24, 2.45) is 5.92 Å². The molecular weight excluding hydrogens is 228 g/mol. The summed E-state index contributed by atoms with van der Waals surface area (Å²) in [6.45, 7) is 10.6. The van der Waals surface area contributed by atoms with E-state index in [0.29, 0.717) is 12.6 Å². The first-order chi connectivity index (χ1) is 8.28. The molecule has 18 heavy (non-hydrogen) atoms. The van der Waals surface area contributed by atoms with Gasteiger partial charge in [0, 0.05) is 18.6 Å². The van der Waals surface area contributed by atoms with Crippen LogP contribution in [0.1, 0.15) is 53.9 Å². The number of ether oxygens (including phenoxy) is 1. The summed E-state index contributed by atoms with van der Waals surface area (Å²) in [5.74, 6) is 0.744. The highest BCUT2D eigenvalue weighted by molar-refractivity contribution is 5.67. The Bertz CT molecular complexity index is 273. The van der Waals surface area contributed by atoms with Gasteiger partial charge < -0.3 is 15.4 Å². The molecule has 2 N–H and O–H groups in total. The van der Waals surface area contributed by atoms with Crippen LogP contribution in [0.25, 0.3) is 0 Å². The molecule has 3 atom stereocenters. The Hall–Kier alpha value is -0.770. The standard InChI is InChI=1S/C14H28N2O2/c1-10-7-6-8-12(10)16-11(2)9-15-13(17)18-14(3,4)5/h10-12,16H,6-9H2,1-5H3,(H,15,17). The molecule has 0 radical (unpaired) electrons. The summed E-state index contributed by atoms with van der Waals surface area (Å²) in [5, 5.41) is 6.38. The molecule has 0 bridgehead atoms. The van der Waals surface area contributed by atoms with Crippen molar-refractivity contribution in [3.05, 3.63) is 0 Å². The van der Waals surface area contributed by atoms with Gasteiger partial charge in [-0.25, -0.2) is 4.79 Å². The van der Waals surface area contributed by atoms with Crippen LogP contribution in [0.3, 0.4) is 0 Å². The van der Waals surface area contributed by atoms with Crippen LogP contribution in [0.5, 0.6) is 0 Å². The minimum absolute atomic E-state index is 0.281. The summed E-state index contributed by atoms with van der Waals surface area (Å²) in [6, 6.07) is 0.878. The highest BCUT2D eigenvalue weighted by atomic mass is 16.6. The van der Waals surface area contributed by atoms with Gasteiger partial charge in [-0.05, 0) is 46.5 Å². The van der Waals surface area contributed by atoms with Crippen LogP contribution in [-0.2, 0) is 4.74 Å². The Morgan fingerprint density at radius 3 is 2.56 bits per heavy atom. The molecule has 0 saturated heterocycles. The van der Waals surface area contributed by atoms with E-state index in [0.717, 1.165) is 5.92 Å². The fraction of sp³-hybridized carbons (Fsp3) is 0.929. The number of hydrogen-bond acceptors (Lipinski definition) is 3. The topological polar surface area (TPSA) is 50.4 Å². The summed E-state index contributed by atoms with van der Waals surface area (Å²) in [7, 11) is 0. The van der Waals surface area contributed by atoms with Crippen LogP contribution in [0.2, 0.25) is 0 Å². The van der Waals surface area contributed by atoms with Gasteiger partial charge in [0.05, 0.1) is 0 Å². The lowest BCUT2D eigenvalue weighted by atomic mass is 10.1. The van der Waals surface area contributed by atoms with Crippen LogP contribution in [0.4, 0.5) is 4.79 Å². The van der Waals surface area contributed by atoms with Crippen molar-refractivity contribution in [3.63, 3.8) is 0 Å². The van der Waals surface area contributed by atoms with E-state index in [9.17, 15) is 4.79 Å². The second kappa shape index (κ2) is 6.41. The van der Waals surface area contributed by atoms with Gasteiger partial charge in [0.1, 0.15) is 5.60 Å². The molecule has 1 aliphatic carbocycles. The first-order valence-electron chi connectivity index (χ1n) is 7.01. The fourth-order valence-electron chi connectivity index (χ4n) is 2.37. The molecule has 106 valence electrons. The van der Waals surface area contributed by atoms with Crippen LogP contribution in [0.15, 0.2) is 0 Å². The van der Waals surface area contributed by atoms with Gasteiger partial charge in [-0.2, -0.15) is 0 Å². The van der Waals surface area contributed by atoms with Crippen LogP contribution < -0.4 is 10.6 Å². The molecule has 1 saturated carbocycles. The predicted octanol–water partition coefficient (Wildman–Crippen LogP) is 2.68. The molecule has 1 fully saturated rings. The summed E-state index contributed by atoms with van der Waals surface area (Å²) in [4.78, 5) is 11.5. The maximum atomic E-state index is 11.5. The molecule has 1 aliphatic rings. The highest BCUT2D eigenvalue weighted by Crippen LogP contribution is 2.24. The van der Waals surface area contributed by atoms with E-state index < -0.39 is 5.60 Å². The van der Waals surface area contributed by atoms with Gasteiger partial charge >= 0.3 is 6.09 Å². The molecule has 0 aromatic rings. The van der Waals surface area contributed by atoms with E-state index in [2.05, 4.69) is 24.5 Å². The smallest absolute Gasteiger partial charge is 0.407 e. The van der Waals surface area contributed by atoms with Gasteiger partial charge in [-0.15, -0.1) is 0 Å². The minimum Gasteiger partial charge on any atom is -0.444 e. The Balaban J connectivity index is 2.20. The van der Waals surface area contributed by atoms with E-state index in [4.69, 9.17) is 4.74 Å². The SMILES string of the molecule is CC(CNC(=O)OC(C)(C)C)NC1CCCC1C. The molecule has 1 amide bonds. The van der Waals surface area contributed by atoms with E-state index >= 15 is 0 Å². The lowest BCUT2D eigenvalue weighted by molar-refractivity contribution is 0.0522.